The van der Waals surface area contributed by atoms with Gasteiger partial charge in [-0.1, -0.05) is 12.2 Å². The fourth-order valence-corrected chi connectivity index (χ4v) is 3.79. The van der Waals surface area contributed by atoms with Crippen LogP contribution >= 0.6 is 0 Å². The van der Waals surface area contributed by atoms with Crippen molar-refractivity contribution in [1.29, 1.82) is 5.26 Å². The molecule has 1 saturated heterocycles. The third-order valence-electron chi connectivity index (χ3n) is 5.55. The van der Waals surface area contributed by atoms with Gasteiger partial charge in [-0.3, -0.25) is 14.6 Å². The molecule has 1 unspecified atom stereocenters. The number of nitrogens with zero attached hydrogens (tertiary/aromatic N) is 3. The van der Waals surface area contributed by atoms with Crippen LogP contribution in [0.1, 0.15) is 48.0 Å². The lowest BCUT2D eigenvalue weighted by Gasteiger charge is -2.26. The van der Waals surface area contributed by atoms with E-state index in [0.29, 0.717) is 18.4 Å². The van der Waals surface area contributed by atoms with Crippen molar-refractivity contribution >= 4 is 17.9 Å². The molecule has 2 heterocycles. The number of allylic oxidation sites excluding steroid dienone is 1. The van der Waals surface area contributed by atoms with E-state index in [-0.39, 0.29) is 24.3 Å². The van der Waals surface area contributed by atoms with Crippen LogP contribution in [0.5, 0.6) is 0 Å². The smallest absolute Gasteiger partial charge is 0.268 e. The molecule has 0 aromatic carbocycles. The number of likely N-dealkylation sites (tertiary alicyclic amines) is 1. The molecule has 1 aromatic heterocycles. The number of hydrogen-bond donors (Lipinski definition) is 1. The Bertz CT molecular complexity index is 903. The molecule has 1 aliphatic heterocycles. The lowest BCUT2D eigenvalue weighted by Crippen LogP contribution is -2.43. The maximum atomic E-state index is 13.5. The number of carbonyl (C=O) groups is 2. The summed E-state index contributed by atoms with van der Waals surface area (Å²) in [5.41, 5.74) is 0.663. The number of amides is 2. The van der Waals surface area contributed by atoms with Crippen molar-refractivity contribution < 1.29 is 27.2 Å². The number of hydrogen-bond acceptors (Lipinski definition) is 4. The van der Waals surface area contributed by atoms with Crippen molar-refractivity contribution in [1.82, 2.24) is 15.2 Å². The monoisotopic (exact) mass is 438 g/mol. The minimum absolute atomic E-state index is 0.0305. The van der Waals surface area contributed by atoms with E-state index in [1.54, 1.807) is 18.2 Å². The molecular formula is C21H22F4N4O2. The maximum Gasteiger partial charge on any atom is 0.268 e. The van der Waals surface area contributed by atoms with E-state index in [4.69, 9.17) is 5.26 Å². The Morgan fingerprint density at radius 1 is 1.26 bits per heavy atom. The van der Waals surface area contributed by atoms with Gasteiger partial charge >= 0.3 is 0 Å². The summed E-state index contributed by atoms with van der Waals surface area (Å²) in [6.45, 7) is -1.39. The van der Waals surface area contributed by atoms with Crippen LogP contribution in [0.3, 0.4) is 0 Å². The molecule has 166 valence electrons. The van der Waals surface area contributed by atoms with Crippen LogP contribution in [-0.2, 0) is 4.79 Å². The van der Waals surface area contributed by atoms with Gasteiger partial charge in [0, 0.05) is 42.8 Å². The first-order chi connectivity index (χ1) is 14.6. The van der Waals surface area contributed by atoms with Gasteiger partial charge in [0.25, 0.3) is 11.8 Å². The van der Waals surface area contributed by atoms with Gasteiger partial charge in [0.05, 0.1) is 19.2 Å². The number of aromatic nitrogens is 1. The van der Waals surface area contributed by atoms with Crippen LogP contribution in [0, 0.1) is 17.2 Å². The highest BCUT2D eigenvalue weighted by Crippen LogP contribution is 2.37. The fourth-order valence-electron chi connectivity index (χ4n) is 3.79. The van der Waals surface area contributed by atoms with Gasteiger partial charge in [0.15, 0.2) is 0 Å². The third-order valence-corrected chi connectivity index (χ3v) is 5.55. The second kappa shape index (κ2) is 9.04. The Balaban J connectivity index is 1.61. The first kappa shape index (κ1) is 22.7. The van der Waals surface area contributed by atoms with Gasteiger partial charge in [0.1, 0.15) is 6.04 Å². The first-order valence-corrected chi connectivity index (χ1v) is 9.95. The molecule has 2 aliphatic rings. The van der Waals surface area contributed by atoms with E-state index in [1.165, 1.54) is 18.5 Å². The van der Waals surface area contributed by atoms with Gasteiger partial charge < -0.3 is 10.2 Å². The lowest BCUT2D eigenvalue weighted by molar-refractivity contribution is -0.131. The summed E-state index contributed by atoms with van der Waals surface area (Å²) in [6, 6.07) is 1.89. The zero-order chi connectivity index (χ0) is 22.6. The zero-order valence-electron chi connectivity index (χ0n) is 16.7. The molecular weight excluding hydrogens is 416 g/mol. The van der Waals surface area contributed by atoms with Gasteiger partial charge in [-0.05, 0) is 24.8 Å². The minimum Gasteiger partial charge on any atom is -0.343 e. The van der Waals surface area contributed by atoms with E-state index in [2.05, 4.69) is 10.3 Å². The van der Waals surface area contributed by atoms with Crippen LogP contribution in [-0.4, -0.2) is 52.7 Å². The number of rotatable bonds is 5. The molecule has 6 nitrogen and oxygen atoms in total. The van der Waals surface area contributed by atoms with E-state index < -0.39 is 49.2 Å². The molecule has 3 rings (SSSR count). The Kier molecular flexibility index (Phi) is 6.62. The number of nitriles is 1. The summed E-state index contributed by atoms with van der Waals surface area (Å²) in [6.07, 6.45) is 5.87. The average Bonchev–Trinajstić information content (AvgIpc) is 3.06. The number of carbonyl (C=O) groups excluding carboxylic acids is 2. The van der Waals surface area contributed by atoms with E-state index in [1.807, 2.05) is 0 Å². The summed E-state index contributed by atoms with van der Waals surface area (Å²) < 4.78 is 53.6. The first-order valence-electron chi connectivity index (χ1n) is 9.95. The van der Waals surface area contributed by atoms with Crippen molar-refractivity contribution in [3.63, 3.8) is 0 Å². The normalized spacial score (nSPS) is 22.9. The molecule has 0 spiro atoms. The van der Waals surface area contributed by atoms with Crippen LogP contribution in [0.2, 0.25) is 0 Å². The SMILES string of the molecule is N#CC1CC(F)(F)CN1C(=O)CNC(=O)c1ccncc1/C=C/C1CCC(F)(F)CC1. The highest BCUT2D eigenvalue weighted by atomic mass is 19.3. The second-order valence-corrected chi connectivity index (χ2v) is 7.92. The van der Waals surface area contributed by atoms with Crippen LogP contribution < -0.4 is 5.32 Å². The van der Waals surface area contributed by atoms with Gasteiger partial charge in [-0.15, -0.1) is 0 Å². The molecule has 1 saturated carbocycles. The van der Waals surface area contributed by atoms with Crippen molar-refractivity contribution in [2.45, 2.75) is 50.0 Å². The predicted molar refractivity (Wildman–Crippen MR) is 103 cm³/mol. The summed E-state index contributed by atoms with van der Waals surface area (Å²) in [5, 5.41) is 11.4. The largest absolute Gasteiger partial charge is 0.343 e. The predicted octanol–water partition coefficient (Wildman–Crippen LogP) is 3.41. The molecule has 31 heavy (non-hydrogen) atoms. The number of halogens is 4. The maximum absolute atomic E-state index is 13.5. The third kappa shape index (κ3) is 5.81. The molecule has 0 bridgehead atoms. The van der Waals surface area contributed by atoms with Crippen molar-refractivity contribution in [3.8, 4) is 6.07 Å². The van der Waals surface area contributed by atoms with Crippen LogP contribution in [0.25, 0.3) is 6.08 Å². The average molecular weight is 438 g/mol. The number of alkyl halides is 4. The summed E-state index contributed by atoms with van der Waals surface area (Å²) in [4.78, 5) is 29.5. The Labute approximate surface area is 176 Å². The Morgan fingerprint density at radius 3 is 2.65 bits per heavy atom. The molecule has 2 amide bonds. The quantitative estimate of drug-likeness (QED) is 0.714. The molecule has 10 heteroatoms. The molecule has 2 fully saturated rings. The number of pyridine rings is 1. The summed E-state index contributed by atoms with van der Waals surface area (Å²) in [5.74, 6) is -7.17. The molecule has 1 atom stereocenters. The molecule has 1 N–H and O–H groups in total. The van der Waals surface area contributed by atoms with E-state index >= 15 is 0 Å². The van der Waals surface area contributed by atoms with Gasteiger partial charge in [0.2, 0.25) is 11.8 Å². The topological polar surface area (TPSA) is 86.1 Å². The van der Waals surface area contributed by atoms with E-state index in [9.17, 15) is 27.2 Å². The van der Waals surface area contributed by atoms with Crippen LogP contribution in [0.4, 0.5) is 17.6 Å². The van der Waals surface area contributed by atoms with Crippen molar-refractivity contribution in [2.24, 2.45) is 5.92 Å². The second-order valence-electron chi connectivity index (χ2n) is 7.92. The minimum atomic E-state index is -3.13. The highest BCUT2D eigenvalue weighted by Gasteiger charge is 2.47. The summed E-state index contributed by atoms with van der Waals surface area (Å²) >= 11 is 0. The van der Waals surface area contributed by atoms with E-state index in [0.717, 1.165) is 4.90 Å². The zero-order valence-corrected chi connectivity index (χ0v) is 16.7. The van der Waals surface area contributed by atoms with Crippen molar-refractivity contribution in [2.75, 3.05) is 13.1 Å². The molecule has 1 aliphatic carbocycles. The summed E-state index contributed by atoms with van der Waals surface area (Å²) in [7, 11) is 0. The van der Waals surface area contributed by atoms with Crippen molar-refractivity contribution in [3.05, 3.63) is 35.7 Å². The fraction of sp³-hybridized carbons (Fsp3) is 0.524. The Morgan fingerprint density at radius 2 is 1.97 bits per heavy atom. The lowest BCUT2D eigenvalue weighted by atomic mass is 9.86. The molecule has 0 radical (unpaired) electrons. The highest BCUT2D eigenvalue weighted by molar-refractivity contribution is 5.99. The Hall–Kier alpha value is -2.96. The number of nitrogens with one attached hydrogen (secondary N) is 1. The standard InChI is InChI=1S/C21H22F4N4O2/c22-20(23)6-3-14(4-7-20)1-2-15-11-27-8-5-17(15)19(31)28-12-18(30)29-13-21(24,25)9-16(29)10-26/h1-2,5,8,11,14,16H,3-4,6-7,9,12-13H2,(H,28,31)/b2-1+. The van der Waals surface area contributed by atoms with Crippen LogP contribution in [0.15, 0.2) is 24.5 Å². The molecule has 1 aromatic rings. The van der Waals surface area contributed by atoms with Gasteiger partial charge in [-0.25, -0.2) is 17.6 Å². The van der Waals surface area contributed by atoms with Gasteiger partial charge in [-0.2, -0.15) is 5.26 Å².